The van der Waals surface area contributed by atoms with Gasteiger partial charge >= 0.3 is 0 Å². The highest BCUT2D eigenvalue weighted by Crippen LogP contribution is 2.21. The summed E-state index contributed by atoms with van der Waals surface area (Å²) in [6, 6.07) is 3.66. The summed E-state index contributed by atoms with van der Waals surface area (Å²) < 4.78 is 26.9. The molecule has 0 saturated carbocycles. The highest BCUT2D eigenvalue weighted by Gasteiger charge is 2.11. The number of nitrogens with one attached hydrogen (secondary N) is 1. The highest BCUT2D eigenvalue weighted by molar-refractivity contribution is 5.50. The van der Waals surface area contributed by atoms with Gasteiger partial charge in [0.2, 0.25) is 0 Å². The van der Waals surface area contributed by atoms with E-state index < -0.39 is 11.6 Å². The van der Waals surface area contributed by atoms with Crippen LogP contribution in [-0.4, -0.2) is 18.3 Å². The molecule has 1 rings (SSSR count). The molecule has 1 atom stereocenters. The summed E-state index contributed by atoms with van der Waals surface area (Å²) in [4.78, 5) is 0. The van der Waals surface area contributed by atoms with Gasteiger partial charge in [-0.25, -0.2) is 8.78 Å². The molecule has 0 radical (unpaired) electrons. The molecule has 2 N–H and O–H groups in total. The van der Waals surface area contributed by atoms with Crippen LogP contribution >= 0.6 is 0 Å². The zero-order valence-corrected chi connectivity index (χ0v) is 9.50. The number of hydrogen-bond acceptors (Lipinski definition) is 3. The van der Waals surface area contributed by atoms with Crippen molar-refractivity contribution in [1.29, 1.82) is 5.26 Å². The van der Waals surface area contributed by atoms with Crippen molar-refractivity contribution in [3.63, 3.8) is 0 Å². The second-order valence-electron chi connectivity index (χ2n) is 3.93. The maximum absolute atomic E-state index is 13.4. The largest absolute Gasteiger partial charge is 0.396 e. The molecule has 1 aromatic carbocycles. The predicted octanol–water partition coefficient (Wildman–Crippen LogP) is 2.27. The average molecular weight is 240 g/mol. The molecule has 0 aliphatic rings. The van der Waals surface area contributed by atoms with E-state index in [-0.39, 0.29) is 23.8 Å². The number of anilines is 1. The van der Waals surface area contributed by atoms with Crippen LogP contribution in [0.3, 0.4) is 0 Å². The molecular formula is C12H14F2N2O. The lowest BCUT2D eigenvalue weighted by Crippen LogP contribution is -2.14. The van der Waals surface area contributed by atoms with Crippen molar-refractivity contribution >= 4 is 5.69 Å². The summed E-state index contributed by atoms with van der Waals surface area (Å²) >= 11 is 0. The van der Waals surface area contributed by atoms with Gasteiger partial charge in [-0.3, -0.25) is 0 Å². The van der Waals surface area contributed by atoms with Crippen molar-refractivity contribution in [2.24, 2.45) is 5.92 Å². The second kappa shape index (κ2) is 6.16. The lowest BCUT2D eigenvalue weighted by Gasteiger charge is -2.13. The van der Waals surface area contributed by atoms with Crippen molar-refractivity contribution < 1.29 is 13.9 Å². The van der Waals surface area contributed by atoms with Gasteiger partial charge in [0, 0.05) is 13.2 Å². The van der Waals surface area contributed by atoms with E-state index in [0.717, 1.165) is 12.1 Å². The second-order valence-corrected chi connectivity index (χ2v) is 3.93. The number of rotatable bonds is 5. The zero-order valence-electron chi connectivity index (χ0n) is 9.50. The number of nitrogens with zero attached hydrogens (tertiary/aromatic N) is 1. The number of aliphatic hydroxyl groups is 1. The maximum atomic E-state index is 13.4. The third-order valence-corrected chi connectivity index (χ3v) is 2.42. The van der Waals surface area contributed by atoms with Crippen LogP contribution in [-0.2, 0) is 0 Å². The molecule has 0 spiro atoms. The summed E-state index contributed by atoms with van der Waals surface area (Å²) in [6.07, 6.45) is 0.562. The van der Waals surface area contributed by atoms with Crippen molar-refractivity contribution in [2.75, 3.05) is 18.5 Å². The van der Waals surface area contributed by atoms with E-state index in [1.165, 1.54) is 0 Å². The van der Waals surface area contributed by atoms with Crippen LogP contribution in [0.25, 0.3) is 0 Å². The Morgan fingerprint density at radius 2 is 2.00 bits per heavy atom. The Morgan fingerprint density at radius 3 is 2.47 bits per heavy atom. The first-order chi connectivity index (χ1) is 8.08. The first-order valence-corrected chi connectivity index (χ1v) is 5.32. The Bertz CT molecular complexity index is 406. The van der Waals surface area contributed by atoms with Crippen LogP contribution < -0.4 is 5.32 Å². The molecule has 1 unspecified atom stereocenters. The summed E-state index contributed by atoms with van der Waals surface area (Å²) in [7, 11) is 0. The van der Waals surface area contributed by atoms with E-state index in [1.54, 1.807) is 6.07 Å². The van der Waals surface area contributed by atoms with Crippen LogP contribution in [0.2, 0.25) is 0 Å². The van der Waals surface area contributed by atoms with Gasteiger partial charge in [-0.1, -0.05) is 6.92 Å². The fraction of sp³-hybridized carbons (Fsp3) is 0.417. The Hall–Kier alpha value is -1.67. The lowest BCUT2D eigenvalue weighted by atomic mass is 10.1. The topological polar surface area (TPSA) is 56.0 Å². The van der Waals surface area contributed by atoms with Gasteiger partial charge < -0.3 is 10.4 Å². The Labute approximate surface area is 98.7 Å². The van der Waals surface area contributed by atoms with Gasteiger partial charge in [0.05, 0.1) is 11.6 Å². The van der Waals surface area contributed by atoms with Crippen molar-refractivity contribution in [2.45, 2.75) is 13.3 Å². The van der Waals surface area contributed by atoms with Crippen molar-refractivity contribution in [1.82, 2.24) is 0 Å². The van der Waals surface area contributed by atoms with Gasteiger partial charge in [0.15, 0.2) is 11.6 Å². The number of halogens is 2. The number of benzene rings is 1. The standard InChI is InChI=1S/C12H14F2N2O/c1-8(2-3-17)7-16-12-10(13)4-9(6-15)5-11(12)14/h4-5,8,16-17H,2-3,7H2,1H3. The average Bonchev–Trinajstić information content (AvgIpc) is 2.28. The monoisotopic (exact) mass is 240 g/mol. The molecule has 17 heavy (non-hydrogen) atoms. The lowest BCUT2D eigenvalue weighted by molar-refractivity contribution is 0.265. The number of nitriles is 1. The summed E-state index contributed by atoms with van der Waals surface area (Å²) in [5, 5.41) is 19.9. The van der Waals surface area contributed by atoms with E-state index in [0.29, 0.717) is 13.0 Å². The smallest absolute Gasteiger partial charge is 0.150 e. The molecule has 1 aromatic rings. The Morgan fingerprint density at radius 1 is 1.41 bits per heavy atom. The molecule has 0 amide bonds. The van der Waals surface area contributed by atoms with Crippen LogP contribution in [0.5, 0.6) is 0 Å². The Kier molecular flexibility index (Phi) is 4.85. The minimum Gasteiger partial charge on any atom is -0.396 e. The summed E-state index contributed by atoms with van der Waals surface area (Å²) in [5.41, 5.74) is -0.275. The van der Waals surface area contributed by atoms with E-state index in [1.807, 2.05) is 6.92 Å². The van der Waals surface area contributed by atoms with Gasteiger partial charge in [0.25, 0.3) is 0 Å². The first kappa shape index (κ1) is 13.4. The molecular weight excluding hydrogens is 226 g/mol. The van der Waals surface area contributed by atoms with Crippen LogP contribution in [0.1, 0.15) is 18.9 Å². The third kappa shape index (κ3) is 3.68. The SMILES string of the molecule is CC(CCO)CNc1c(F)cc(C#N)cc1F. The summed E-state index contributed by atoms with van der Waals surface area (Å²) in [5.74, 6) is -1.45. The first-order valence-electron chi connectivity index (χ1n) is 5.32. The minimum absolute atomic E-state index is 0.0428. The van der Waals surface area contributed by atoms with Gasteiger partial charge in [-0.15, -0.1) is 0 Å². The number of hydrogen-bond donors (Lipinski definition) is 2. The fourth-order valence-electron chi connectivity index (χ4n) is 1.41. The fourth-order valence-corrected chi connectivity index (χ4v) is 1.41. The molecule has 5 heteroatoms. The molecule has 0 heterocycles. The normalized spacial score (nSPS) is 11.9. The maximum Gasteiger partial charge on any atom is 0.150 e. The van der Waals surface area contributed by atoms with E-state index in [9.17, 15) is 8.78 Å². The molecule has 0 aromatic heterocycles. The minimum atomic E-state index is -0.780. The van der Waals surface area contributed by atoms with Crippen LogP contribution in [0, 0.1) is 28.9 Å². The number of aliphatic hydroxyl groups excluding tert-OH is 1. The van der Waals surface area contributed by atoms with Crippen LogP contribution in [0.4, 0.5) is 14.5 Å². The molecule has 0 aliphatic carbocycles. The molecule has 0 bridgehead atoms. The third-order valence-electron chi connectivity index (χ3n) is 2.42. The van der Waals surface area contributed by atoms with Crippen LogP contribution in [0.15, 0.2) is 12.1 Å². The quantitative estimate of drug-likeness (QED) is 0.830. The molecule has 3 nitrogen and oxygen atoms in total. The van der Waals surface area contributed by atoms with E-state index in [4.69, 9.17) is 10.4 Å². The van der Waals surface area contributed by atoms with Crippen molar-refractivity contribution in [3.05, 3.63) is 29.3 Å². The predicted molar refractivity (Wildman–Crippen MR) is 60.4 cm³/mol. The molecule has 0 saturated heterocycles. The Balaban J connectivity index is 2.75. The summed E-state index contributed by atoms with van der Waals surface area (Å²) in [6.45, 7) is 2.27. The van der Waals surface area contributed by atoms with Gasteiger partial charge in [-0.05, 0) is 24.5 Å². The van der Waals surface area contributed by atoms with Crippen molar-refractivity contribution in [3.8, 4) is 6.07 Å². The molecule has 92 valence electrons. The van der Waals surface area contributed by atoms with E-state index >= 15 is 0 Å². The zero-order chi connectivity index (χ0) is 12.8. The molecule has 0 aliphatic heterocycles. The van der Waals surface area contributed by atoms with Gasteiger partial charge in [0.1, 0.15) is 5.69 Å². The van der Waals surface area contributed by atoms with Gasteiger partial charge in [-0.2, -0.15) is 5.26 Å². The van der Waals surface area contributed by atoms with E-state index in [2.05, 4.69) is 5.32 Å². The highest BCUT2D eigenvalue weighted by atomic mass is 19.1. The molecule has 0 fully saturated rings.